The van der Waals surface area contributed by atoms with Gasteiger partial charge in [0.1, 0.15) is 0 Å². The van der Waals surface area contributed by atoms with Gasteiger partial charge in [-0.2, -0.15) is 0 Å². The third kappa shape index (κ3) is 3.25. The van der Waals surface area contributed by atoms with E-state index in [1.54, 1.807) is 7.11 Å². The zero-order valence-electron chi connectivity index (χ0n) is 8.40. The average Bonchev–Trinajstić information content (AvgIpc) is 2.42. The van der Waals surface area contributed by atoms with Gasteiger partial charge in [-0.15, -0.1) is 0 Å². The molecule has 0 aromatic carbocycles. The number of ether oxygens (including phenoxy) is 1. The Morgan fingerprint density at radius 3 is 2.93 bits per heavy atom. The largest absolute Gasteiger partial charge is 0.481 e. The van der Waals surface area contributed by atoms with Gasteiger partial charge >= 0.3 is 5.97 Å². The molecule has 1 heterocycles. The maximum atomic E-state index is 10.5. The van der Waals surface area contributed by atoms with Crippen LogP contribution in [0.1, 0.15) is 12.8 Å². The third-order valence-corrected chi connectivity index (χ3v) is 2.50. The van der Waals surface area contributed by atoms with E-state index in [2.05, 4.69) is 0 Å². The molecule has 5 nitrogen and oxygen atoms in total. The summed E-state index contributed by atoms with van der Waals surface area (Å²) in [5, 5.41) is 18.5. The zero-order valence-corrected chi connectivity index (χ0v) is 8.40. The van der Waals surface area contributed by atoms with Crippen molar-refractivity contribution in [2.75, 3.05) is 33.4 Å². The summed E-state index contributed by atoms with van der Waals surface area (Å²) >= 11 is 0. The number of methoxy groups -OCH3 is 1. The van der Waals surface area contributed by atoms with Crippen molar-refractivity contribution in [2.24, 2.45) is 0 Å². The van der Waals surface area contributed by atoms with Gasteiger partial charge in [0.2, 0.25) is 0 Å². The molecule has 1 fully saturated rings. The molecule has 82 valence electrons. The summed E-state index contributed by atoms with van der Waals surface area (Å²) in [6.07, 6.45) is 0.361. The summed E-state index contributed by atoms with van der Waals surface area (Å²) in [5.41, 5.74) is -1.04. The quantitative estimate of drug-likeness (QED) is 0.633. The molecule has 0 aromatic rings. The van der Waals surface area contributed by atoms with Gasteiger partial charge in [0.25, 0.3) is 0 Å². The molecule has 1 aliphatic heterocycles. The van der Waals surface area contributed by atoms with Gasteiger partial charge in [-0.25, -0.2) is 0 Å². The number of carboxylic acids is 1. The molecule has 0 aliphatic carbocycles. The molecule has 5 heteroatoms. The zero-order chi connectivity index (χ0) is 10.6. The molecule has 1 aliphatic rings. The van der Waals surface area contributed by atoms with Crippen molar-refractivity contribution in [1.29, 1.82) is 0 Å². The molecule has 1 atom stereocenters. The number of carbonyl (C=O) groups is 1. The highest BCUT2D eigenvalue weighted by molar-refractivity contribution is 5.68. The SMILES string of the molecule is COCCN1CCC(O)(CC(=O)O)C1. The van der Waals surface area contributed by atoms with Crippen LogP contribution in [0, 0.1) is 0 Å². The minimum absolute atomic E-state index is 0.170. The lowest BCUT2D eigenvalue weighted by molar-refractivity contribution is -0.142. The van der Waals surface area contributed by atoms with Crippen LogP contribution in [0.5, 0.6) is 0 Å². The summed E-state index contributed by atoms with van der Waals surface area (Å²) in [4.78, 5) is 12.5. The van der Waals surface area contributed by atoms with Crippen molar-refractivity contribution in [3.8, 4) is 0 Å². The molecule has 2 N–H and O–H groups in total. The van der Waals surface area contributed by atoms with E-state index < -0.39 is 11.6 Å². The van der Waals surface area contributed by atoms with Crippen LogP contribution in [0.25, 0.3) is 0 Å². The lowest BCUT2D eigenvalue weighted by atomic mass is 9.99. The number of rotatable bonds is 5. The monoisotopic (exact) mass is 203 g/mol. The maximum Gasteiger partial charge on any atom is 0.306 e. The standard InChI is InChI=1S/C9H17NO4/c1-14-5-4-10-3-2-9(13,7-10)6-8(11)12/h13H,2-7H2,1H3,(H,11,12). The van der Waals surface area contributed by atoms with Crippen LogP contribution in [-0.2, 0) is 9.53 Å². The first kappa shape index (κ1) is 11.4. The van der Waals surface area contributed by atoms with Crippen LogP contribution in [-0.4, -0.2) is 60.0 Å². The number of carboxylic acid groups (broad SMARTS) is 1. The molecule has 0 saturated carbocycles. The van der Waals surface area contributed by atoms with E-state index in [9.17, 15) is 9.90 Å². The fraction of sp³-hybridized carbons (Fsp3) is 0.889. The Kier molecular flexibility index (Phi) is 3.86. The molecule has 1 rings (SSSR count). The lowest BCUT2D eigenvalue weighted by Crippen LogP contribution is -2.36. The molecule has 0 radical (unpaired) electrons. The first-order valence-corrected chi connectivity index (χ1v) is 4.71. The fourth-order valence-electron chi connectivity index (χ4n) is 1.78. The van der Waals surface area contributed by atoms with Crippen molar-refractivity contribution in [2.45, 2.75) is 18.4 Å². The number of nitrogens with zero attached hydrogens (tertiary/aromatic N) is 1. The van der Waals surface area contributed by atoms with Crippen molar-refractivity contribution >= 4 is 5.97 Å². The first-order chi connectivity index (χ1) is 6.56. The first-order valence-electron chi connectivity index (χ1n) is 4.71. The number of aliphatic hydroxyl groups is 1. The van der Waals surface area contributed by atoms with Gasteiger partial charge in [0.15, 0.2) is 0 Å². The molecular formula is C9H17NO4. The molecule has 0 bridgehead atoms. The normalized spacial score (nSPS) is 28.1. The maximum absolute atomic E-state index is 10.5. The Hall–Kier alpha value is -0.650. The van der Waals surface area contributed by atoms with Crippen LogP contribution in [0.3, 0.4) is 0 Å². The highest BCUT2D eigenvalue weighted by Crippen LogP contribution is 2.24. The Balaban J connectivity index is 2.34. The van der Waals surface area contributed by atoms with E-state index >= 15 is 0 Å². The highest BCUT2D eigenvalue weighted by Gasteiger charge is 2.37. The van der Waals surface area contributed by atoms with Crippen LogP contribution < -0.4 is 0 Å². The molecule has 0 spiro atoms. The Morgan fingerprint density at radius 2 is 2.36 bits per heavy atom. The van der Waals surface area contributed by atoms with E-state index in [4.69, 9.17) is 9.84 Å². The van der Waals surface area contributed by atoms with Gasteiger partial charge in [-0.05, 0) is 6.42 Å². The number of likely N-dealkylation sites (tertiary alicyclic amines) is 1. The minimum Gasteiger partial charge on any atom is -0.481 e. The number of hydrogen-bond donors (Lipinski definition) is 2. The summed E-state index contributed by atoms with van der Waals surface area (Å²) in [6.45, 7) is 2.54. The molecule has 14 heavy (non-hydrogen) atoms. The second-order valence-corrected chi connectivity index (χ2v) is 3.81. The highest BCUT2D eigenvalue weighted by atomic mass is 16.5. The number of β-amino-alcohol motifs (C(OH)–C–C–N with tert-alkyl or cyclic N) is 1. The Morgan fingerprint density at radius 1 is 1.64 bits per heavy atom. The van der Waals surface area contributed by atoms with Crippen LogP contribution in [0.4, 0.5) is 0 Å². The van der Waals surface area contributed by atoms with Crippen LogP contribution in [0.2, 0.25) is 0 Å². The van der Waals surface area contributed by atoms with E-state index in [1.807, 2.05) is 4.90 Å². The van der Waals surface area contributed by atoms with Gasteiger partial charge in [-0.1, -0.05) is 0 Å². The van der Waals surface area contributed by atoms with Gasteiger partial charge in [-0.3, -0.25) is 9.69 Å². The second-order valence-electron chi connectivity index (χ2n) is 3.81. The predicted molar refractivity (Wildman–Crippen MR) is 50.1 cm³/mol. The van der Waals surface area contributed by atoms with Crippen molar-refractivity contribution in [3.05, 3.63) is 0 Å². The minimum atomic E-state index is -1.04. The van der Waals surface area contributed by atoms with E-state index in [1.165, 1.54) is 0 Å². The summed E-state index contributed by atoms with van der Waals surface area (Å²) in [7, 11) is 1.62. The third-order valence-electron chi connectivity index (χ3n) is 2.50. The Labute approximate surface area is 83.3 Å². The number of hydrogen-bond acceptors (Lipinski definition) is 4. The summed E-state index contributed by atoms with van der Waals surface area (Å²) < 4.78 is 4.91. The molecule has 0 aromatic heterocycles. The topological polar surface area (TPSA) is 70.0 Å². The van der Waals surface area contributed by atoms with E-state index in [-0.39, 0.29) is 6.42 Å². The van der Waals surface area contributed by atoms with Gasteiger partial charge in [0, 0.05) is 26.7 Å². The fourth-order valence-corrected chi connectivity index (χ4v) is 1.78. The van der Waals surface area contributed by atoms with Gasteiger partial charge in [0.05, 0.1) is 18.6 Å². The molecular weight excluding hydrogens is 186 g/mol. The molecule has 1 unspecified atom stereocenters. The lowest BCUT2D eigenvalue weighted by Gasteiger charge is -2.21. The van der Waals surface area contributed by atoms with Gasteiger partial charge < -0.3 is 14.9 Å². The van der Waals surface area contributed by atoms with Crippen LogP contribution >= 0.6 is 0 Å². The van der Waals surface area contributed by atoms with Crippen LogP contribution in [0.15, 0.2) is 0 Å². The molecule has 0 amide bonds. The summed E-state index contributed by atoms with van der Waals surface area (Å²) in [6, 6.07) is 0. The van der Waals surface area contributed by atoms with Crippen molar-refractivity contribution < 1.29 is 19.7 Å². The predicted octanol–water partition coefficient (Wildman–Crippen LogP) is -0.456. The average molecular weight is 203 g/mol. The molecule has 1 saturated heterocycles. The second kappa shape index (κ2) is 4.72. The smallest absolute Gasteiger partial charge is 0.306 e. The van der Waals surface area contributed by atoms with Crippen molar-refractivity contribution in [1.82, 2.24) is 4.90 Å². The van der Waals surface area contributed by atoms with E-state index in [0.29, 0.717) is 19.6 Å². The number of aliphatic carboxylic acids is 1. The summed E-state index contributed by atoms with van der Waals surface area (Å²) in [5.74, 6) is -0.943. The van der Waals surface area contributed by atoms with Crippen molar-refractivity contribution in [3.63, 3.8) is 0 Å². The Bertz CT molecular complexity index is 209. The van der Waals surface area contributed by atoms with E-state index in [0.717, 1.165) is 13.1 Å².